The predicted octanol–water partition coefficient (Wildman–Crippen LogP) is 7.05. The van der Waals surface area contributed by atoms with Gasteiger partial charge in [0.25, 0.3) is 5.56 Å². The third-order valence-corrected chi connectivity index (χ3v) is 9.89. The monoisotopic (exact) mass is 826 g/mol. The molecule has 9 heteroatoms. The second-order valence-corrected chi connectivity index (χ2v) is 13.9. The van der Waals surface area contributed by atoms with Gasteiger partial charge in [0.2, 0.25) is 0 Å². The zero-order chi connectivity index (χ0) is 31.0. The molecule has 6 rings (SSSR count). The van der Waals surface area contributed by atoms with Crippen molar-refractivity contribution < 1.29 is 14.3 Å². The first-order chi connectivity index (χ1) is 21.2. The summed E-state index contributed by atoms with van der Waals surface area (Å²) in [6.07, 6.45) is 1.88. The molecule has 1 aliphatic heterocycles. The molecule has 222 valence electrons. The van der Waals surface area contributed by atoms with Crippen LogP contribution in [0.3, 0.4) is 0 Å². The average molecular weight is 826 g/mol. The van der Waals surface area contributed by atoms with Gasteiger partial charge in [-0.25, -0.2) is 9.79 Å². The molecule has 1 atom stereocenters. The molecular formula is C35H28I2N2O4S. The standard InChI is InChI=1S/C35H28I2N2O4S/c1-4-42-34(41)30-21(3)38-35-39(31(30)23-14-12-20(2)13-15-23)33(40)29(44-35)17-25-16-26(36)18-28(37)32(25)43-19-24-10-7-9-22-8-5-6-11-27(22)24/h5-18,31H,4,19H2,1-3H3/b29-17-/t31-/m1/s1. The number of esters is 1. The van der Waals surface area contributed by atoms with Gasteiger partial charge in [-0.2, -0.15) is 0 Å². The van der Waals surface area contributed by atoms with E-state index in [9.17, 15) is 9.59 Å². The number of fused-ring (bicyclic) bond motifs is 2. The number of thiazole rings is 1. The lowest BCUT2D eigenvalue weighted by Crippen LogP contribution is -2.39. The van der Waals surface area contributed by atoms with Crippen LogP contribution in [0, 0.1) is 14.1 Å². The molecule has 4 aromatic carbocycles. The van der Waals surface area contributed by atoms with Crippen molar-refractivity contribution in [2.24, 2.45) is 4.99 Å². The Hall–Kier alpha value is -3.29. The number of allylic oxidation sites excluding steroid dienone is 1. The number of benzene rings is 4. The van der Waals surface area contributed by atoms with Crippen molar-refractivity contribution in [2.45, 2.75) is 33.4 Å². The van der Waals surface area contributed by atoms with Gasteiger partial charge >= 0.3 is 5.97 Å². The summed E-state index contributed by atoms with van der Waals surface area (Å²) in [6.45, 7) is 6.19. The van der Waals surface area contributed by atoms with E-state index in [4.69, 9.17) is 14.5 Å². The van der Waals surface area contributed by atoms with Gasteiger partial charge in [0.05, 0.1) is 32.0 Å². The van der Waals surface area contributed by atoms with Gasteiger partial charge in [-0.1, -0.05) is 83.6 Å². The number of nitrogens with zero attached hydrogens (tertiary/aromatic N) is 2. The molecule has 0 saturated carbocycles. The molecule has 44 heavy (non-hydrogen) atoms. The summed E-state index contributed by atoms with van der Waals surface area (Å²) in [5.41, 5.74) is 4.50. The van der Waals surface area contributed by atoms with Gasteiger partial charge in [0, 0.05) is 9.13 Å². The van der Waals surface area contributed by atoms with E-state index in [-0.39, 0.29) is 12.2 Å². The molecule has 6 nitrogen and oxygen atoms in total. The molecule has 0 unspecified atom stereocenters. The van der Waals surface area contributed by atoms with E-state index in [2.05, 4.69) is 75.5 Å². The third-order valence-electron chi connectivity index (χ3n) is 7.49. The number of hydrogen-bond donors (Lipinski definition) is 0. The summed E-state index contributed by atoms with van der Waals surface area (Å²) < 4.78 is 16.0. The highest BCUT2D eigenvalue weighted by Gasteiger charge is 2.33. The van der Waals surface area contributed by atoms with Crippen molar-refractivity contribution in [3.8, 4) is 5.75 Å². The Balaban J connectivity index is 1.46. The predicted molar refractivity (Wildman–Crippen MR) is 192 cm³/mol. The molecule has 5 aromatic rings. The fourth-order valence-corrected chi connectivity index (χ4v) is 8.49. The molecule has 1 aromatic heterocycles. The maximum atomic E-state index is 14.2. The van der Waals surface area contributed by atoms with Crippen LogP contribution in [0.4, 0.5) is 0 Å². The Morgan fingerprint density at radius 1 is 1.02 bits per heavy atom. The van der Waals surface area contributed by atoms with Crippen molar-refractivity contribution in [1.82, 2.24) is 4.57 Å². The topological polar surface area (TPSA) is 69.9 Å². The van der Waals surface area contributed by atoms with Crippen LogP contribution in [-0.4, -0.2) is 17.1 Å². The number of carbonyl (C=O) groups excluding carboxylic acids is 1. The second kappa shape index (κ2) is 13.0. The molecule has 0 amide bonds. The number of aryl methyl sites for hydroxylation is 1. The van der Waals surface area contributed by atoms with E-state index in [1.165, 1.54) is 11.3 Å². The maximum absolute atomic E-state index is 14.2. The number of rotatable bonds is 7. The molecule has 1 aliphatic rings. The largest absolute Gasteiger partial charge is 0.487 e. The molecule has 0 fully saturated rings. The van der Waals surface area contributed by atoms with Gasteiger partial charge in [-0.15, -0.1) is 0 Å². The normalized spacial score (nSPS) is 14.8. The summed E-state index contributed by atoms with van der Waals surface area (Å²) in [5.74, 6) is 0.244. The minimum Gasteiger partial charge on any atom is -0.487 e. The first-order valence-electron chi connectivity index (χ1n) is 14.1. The molecule has 0 aliphatic carbocycles. The zero-order valence-corrected chi connectivity index (χ0v) is 29.4. The number of aromatic nitrogens is 1. The van der Waals surface area contributed by atoms with Crippen molar-refractivity contribution >= 4 is 79.3 Å². The minimum absolute atomic E-state index is 0.220. The number of halogens is 2. The van der Waals surface area contributed by atoms with Gasteiger partial charge in [0.1, 0.15) is 12.4 Å². The average Bonchev–Trinajstić information content (AvgIpc) is 3.30. The van der Waals surface area contributed by atoms with Crippen LogP contribution in [0.5, 0.6) is 5.75 Å². The van der Waals surface area contributed by atoms with Crippen LogP contribution in [0.15, 0.2) is 99.9 Å². The Kier molecular flexibility index (Phi) is 9.06. The van der Waals surface area contributed by atoms with Gasteiger partial charge in [0.15, 0.2) is 4.80 Å². The fraction of sp³-hybridized carbons (Fsp3) is 0.171. The first kappa shape index (κ1) is 30.7. The minimum atomic E-state index is -0.647. The molecule has 0 saturated heterocycles. The third kappa shape index (κ3) is 6.01. The molecular weight excluding hydrogens is 798 g/mol. The van der Waals surface area contributed by atoms with Crippen LogP contribution in [-0.2, 0) is 16.1 Å². The van der Waals surface area contributed by atoms with E-state index in [1.54, 1.807) is 18.4 Å². The van der Waals surface area contributed by atoms with Gasteiger partial charge in [-0.05, 0) is 106 Å². The number of ether oxygens (including phenoxy) is 2. The van der Waals surface area contributed by atoms with Crippen LogP contribution in [0.1, 0.15) is 42.1 Å². The van der Waals surface area contributed by atoms with Crippen LogP contribution in [0.2, 0.25) is 0 Å². The van der Waals surface area contributed by atoms with Gasteiger partial charge < -0.3 is 9.47 Å². The summed E-state index contributed by atoms with van der Waals surface area (Å²) >= 11 is 5.88. The summed E-state index contributed by atoms with van der Waals surface area (Å²) in [6, 6.07) is 25.8. The Bertz CT molecular complexity index is 2130. The lowest BCUT2D eigenvalue weighted by atomic mass is 9.95. The van der Waals surface area contributed by atoms with E-state index in [0.717, 1.165) is 40.2 Å². The van der Waals surface area contributed by atoms with E-state index >= 15 is 0 Å². The summed E-state index contributed by atoms with van der Waals surface area (Å²) in [7, 11) is 0. The van der Waals surface area contributed by atoms with Crippen molar-refractivity contribution in [3.05, 3.63) is 139 Å². The number of hydrogen-bond acceptors (Lipinski definition) is 6. The lowest BCUT2D eigenvalue weighted by molar-refractivity contribution is -0.139. The lowest BCUT2D eigenvalue weighted by Gasteiger charge is -2.24. The first-order valence-corrected chi connectivity index (χ1v) is 17.1. The smallest absolute Gasteiger partial charge is 0.338 e. The second-order valence-electron chi connectivity index (χ2n) is 10.4. The summed E-state index contributed by atoms with van der Waals surface area (Å²) in [5, 5.41) is 2.31. The molecule has 0 N–H and O–H groups in total. The fourth-order valence-electron chi connectivity index (χ4n) is 5.40. The van der Waals surface area contributed by atoms with E-state index < -0.39 is 12.0 Å². The molecule has 0 spiro atoms. The molecule has 2 heterocycles. The Labute approximate surface area is 286 Å². The van der Waals surface area contributed by atoms with Crippen LogP contribution >= 0.6 is 56.5 Å². The molecule has 0 radical (unpaired) electrons. The van der Waals surface area contributed by atoms with E-state index in [1.807, 2.05) is 61.5 Å². The summed E-state index contributed by atoms with van der Waals surface area (Å²) in [4.78, 5) is 32.6. The molecule has 0 bridgehead atoms. The Morgan fingerprint density at radius 2 is 1.77 bits per heavy atom. The highest BCUT2D eigenvalue weighted by molar-refractivity contribution is 14.1. The van der Waals surface area contributed by atoms with Crippen LogP contribution in [0.25, 0.3) is 16.8 Å². The van der Waals surface area contributed by atoms with Gasteiger partial charge in [-0.3, -0.25) is 9.36 Å². The van der Waals surface area contributed by atoms with Crippen LogP contribution < -0.4 is 19.6 Å². The van der Waals surface area contributed by atoms with Crippen molar-refractivity contribution in [3.63, 3.8) is 0 Å². The maximum Gasteiger partial charge on any atom is 0.338 e. The quantitative estimate of drug-likeness (QED) is 0.131. The zero-order valence-electron chi connectivity index (χ0n) is 24.3. The van der Waals surface area contributed by atoms with E-state index in [0.29, 0.717) is 33.0 Å². The van der Waals surface area contributed by atoms with Crippen molar-refractivity contribution in [2.75, 3.05) is 6.61 Å². The highest BCUT2D eigenvalue weighted by Crippen LogP contribution is 2.32. The van der Waals surface area contributed by atoms with Crippen molar-refractivity contribution in [1.29, 1.82) is 0 Å². The SMILES string of the molecule is CCOC(=O)C1=C(C)N=c2s/c(=C\c3cc(I)cc(I)c3OCc3cccc4ccccc34)c(=O)n2[C@@H]1c1ccc(C)cc1. The number of carbonyl (C=O) groups is 1. The highest BCUT2D eigenvalue weighted by atomic mass is 127. The Morgan fingerprint density at radius 3 is 2.55 bits per heavy atom.